The Morgan fingerprint density at radius 1 is 1.50 bits per heavy atom. The highest BCUT2D eigenvalue weighted by Gasteiger charge is 2.18. The maximum Gasteiger partial charge on any atom is 0.222 e. The molecule has 0 bridgehead atoms. The summed E-state index contributed by atoms with van der Waals surface area (Å²) in [6.07, 6.45) is 0. The Balaban J connectivity index is 2.67. The van der Waals surface area contributed by atoms with Gasteiger partial charge >= 0.3 is 0 Å². The van der Waals surface area contributed by atoms with Crippen LogP contribution in [0.15, 0.2) is 22.7 Å². The third-order valence-electron chi connectivity index (χ3n) is 2.05. The van der Waals surface area contributed by atoms with E-state index in [0.717, 1.165) is 0 Å². The highest BCUT2D eigenvalue weighted by Crippen LogP contribution is 2.38. The molecule has 0 atom stereocenters. The Morgan fingerprint density at radius 2 is 2.25 bits per heavy atom. The lowest BCUT2D eigenvalue weighted by Gasteiger charge is -2.08. The maximum absolute atomic E-state index is 13.4. The molecule has 16 heavy (non-hydrogen) atoms. The van der Waals surface area contributed by atoms with Crippen LogP contribution in [-0.2, 0) is 0 Å². The molecule has 0 amide bonds. The summed E-state index contributed by atoms with van der Waals surface area (Å²) in [7, 11) is 1.35. The predicted molar refractivity (Wildman–Crippen MR) is 57.9 cm³/mol. The molecule has 0 aliphatic rings. The molecule has 2 rings (SSSR count). The summed E-state index contributed by atoms with van der Waals surface area (Å²) in [5, 5.41) is 3.98. The van der Waals surface area contributed by atoms with Gasteiger partial charge in [-0.3, -0.25) is 0 Å². The summed E-state index contributed by atoms with van der Waals surface area (Å²) in [6, 6.07) is 4.08. The van der Waals surface area contributed by atoms with Crippen molar-refractivity contribution in [2.75, 3.05) is 12.8 Å². The first kappa shape index (κ1) is 10.8. The number of ether oxygens (including phenoxy) is 1. The minimum Gasteiger partial charge on any atom is -0.493 e. The average molecular weight is 243 g/mol. The number of nitrogen functional groups attached to an aromatic ring is 1. The number of nitrogens with two attached hydrogens (primary N) is 1. The van der Waals surface area contributed by atoms with Gasteiger partial charge in [-0.1, -0.05) is 16.8 Å². The zero-order valence-corrected chi connectivity index (χ0v) is 9.08. The van der Waals surface area contributed by atoms with Gasteiger partial charge in [0.15, 0.2) is 11.6 Å². The second-order valence-electron chi connectivity index (χ2n) is 3.05. The normalized spacial score (nSPS) is 10.4. The fraction of sp³-hybridized carbons (Fsp3) is 0.100. The zero-order valence-electron chi connectivity index (χ0n) is 8.33. The van der Waals surface area contributed by atoms with Crippen LogP contribution in [0.1, 0.15) is 0 Å². The van der Waals surface area contributed by atoms with Gasteiger partial charge in [-0.05, 0) is 12.1 Å². The van der Waals surface area contributed by atoms with E-state index in [2.05, 4.69) is 5.16 Å². The summed E-state index contributed by atoms with van der Waals surface area (Å²) in [6.45, 7) is 0. The van der Waals surface area contributed by atoms with Crippen LogP contribution < -0.4 is 10.5 Å². The van der Waals surface area contributed by atoms with Gasteiger partial charge < -0.3 is 15.0 Å². The predicted octanol–water partition coefficient (Wildman–Crippen LogP) is 2.72. The molecule has 2 aromatic rings. The molecule has 0 unspecified atom stereocenters. The molecule has 0 saturated heterocycles. The highest BCUT2D eigenvalue weighted by molar-refractivity contribution is 6.33. The van der Waals surface area contributed by atoms with Crippen molar-refractivity contribution in [2.45, 2.75) is 0 Å². The molecular formula is C10H8ClFN2O2. The number of nitrogens with zero attached hydrogens (tertiary/aromatic N) is 1. The van der Waals surface area contributed by atoms with Crippen LogP contribution in [0.3, 0.4) is 0 Å². The van der Waals surface area contributed by atoms with Gasteiger partial charge in [-0.2, -0.15) is 0 Å². The van der Waals surface area contributed by atoms with Gasteiger partial charge in [0, 0.05) is 6.07 Å². The van der Waals surface area contributed by atoms with E-state index in [1.165, 1.54) is 25.3 Å². The van der Waals surface area contributed by atoms with Crippen molar-refractivity contribution in [3.05, 3.63) is 29.0 Å². The van der Waals surface area contributed by atoms with Gasteiger partial charge in [-0.25, -0.2) is 4.39 Å². The molecule has 4 nitrogen and oxygen atoms in total. The van der Waals surface area contributed by atoms with Crippen molar-refractivity contribution in [3.8, 4) is 17.0 Å². The van der Waals surface area contributed by atoms with Crippen molar-refractivity contribution < 1.29 is 13.7 Å². The summed E-state index contributed by atoms with van der Waals surface area (Å²) >= 11 is 5.95. The van der Waals surface area contributed by atoms with E-state index in [4.69, 9.17) is 26.6 Å². The molecule has 0 fully saturated rings. The van der Waals surface area contributed by atoms with E-state index in [0.29, 0.717) is 16.3 Å². The lowest BCUT2D eigenvalue weighted by molar-refractivity contribution is 0.387. The van der Waals surface area contributed by atoms with E-state index in [1.54, 1.807) is 0 Å². The number of hydrogen-bond acceptors (Lipinski definition) is 4. The Morgan fingerprint density at radius 3 is 2.81 bits per heavy atom. The molecule has 1 aromatic carbocycles. The third kappa shape index (κ3) is 1.69. The third-order valence-corrected chi connectivity index (χ3v) is 2.36. The molecule has 1 aromatic heterocycles. The second kappa shape index (κ2) is 4.02. The zero-order chi connectivity index (χ0) is 11.7. The van der Waals surface area contributed by atoms with E-state index in [9.17, 15) is 4.39 Å². The summed E-state index contributed by atoms with van der Waals surface area (Å²) < 4.78 is 23.1. The largest absolute Gasteiger partial charge is 0.493 e. The molecule has 0 saturated carbocycles. The minimum absolute atomic E-state index is 0.0146. The van der Waals surface area contributed by atoms with Gasteiger partial charge in [0.2, 0.25) is 5.88 Å². The molecule has 0 aliphatic carbocycles. The van der Waals surface area contributed by atoms with Gasteiger partial charge in [0.05, 0.1) is 17.7 Å². The van der Waals surface area contributed by atoms with Gasteiger partial charge in [0.25, 0.3) is 0 Å². The Bertz CT molecular complexity index is 528. The van der Waals surface area contributed by atoms with Crippen molar-refractivity contribution in [2.24, 2.45) is 0 Å². The number of benzene rings is 1. The first-order chi connectivity index (χ1) is 7.63. The highest BCUT2D eigenvalue weighted by atomic mass is 35.5. The summed E-state index contributed by atoms with van der Waals surface area (Å²) in [5.41, 5.74) is 6.04. The van der Waals surface area contributed by atoms with E-state index in [1.807, 2.05) is 0 Å². The smallest absolute Gasteiger partial charge is 0.222 e. The topological polar surface area (TPSA) is 61.3 Å². The van der Waals surface area contributed by atoms with Crippen LogP contribution in [0, 0.1) is 5.82 Å². The second-order valence-corrected chi connectivity index (χ2v) is 3.46. The van der Waals surface area contributed by atoms with Gasteiger partial charge in [0.1, 0.15) is 5.69 Å². The van der Waals surface area contributed by atoms with Crippen LogP contribution in [0.5, 0.6) is 5.75 Å². The number of halogens is 2. The molecule has 1 heterocycles. The first-order valence-electron chi connectivity index (χ1n) is 4.38. The Kier molecular flexibility index (Phi) is 2.70. The van der Waals surface area contributed by atoms with E-state index in [-0.39, 0.29) is 11.6 Å². The van der Waals surface area contributed by atoms with Crippen molar-refractivity contribution in [1.82, 2.24) is 5.16 Å². The van der Waals surface area contributed by atoms with Crippen molar-refractivity contribution in [1.29, 1.82) is 0 Å². The standard InChI is InChI=1S/C10H8ClFN2O2/c1-15-10-6(12)3-2-5(11)9(10)7-4-8(13)16-14-7/h2-4H,13H2,1H3. The van der Waals surface area contributed by atoms with Crippen LogP contribution in [0.2, 0.25) is 5.02 Å². The molecule has 0 aliphatic heterocycles. The Hall–Kier alpha value is -1.75. The number of aromatic nitrogens is 1. The molecule has 0 spiro atoms. The van der Waals surface area contributed by atoms with Gasteiger partial charge in [-0.15, -0.1) is 0 Å². The quantitative estimate of drug-likeness (QED) is 0.880. The van der Waals surface area contributed by atoms with Crippen molar-refractivity contribution >= 4 is 17.5 Å². The van der Waals surface area contributed by atoms with Crippen LogP contribution in [0.4, 0.5) is 10.3 Å². The SMILES string of the molecule is COc1c(F)ccc(Cl)c1-c1cc(N)on1. The van der Waals surface area contributed by atoms with E-state index >= 15 is 0 Å². The number of rotatable bonds is 2. The molecule has 6 heteroatoms. The molecule has 84 valence electrons. The monoisotopic (exact) mass is 242 g/mol. The molecular weight excluding hydrogens is 235 g/mol. The molecule has 0 radical (unpaired) electrons. The number of methoxy groups -OCH3 is 1. The summed E-state index contributed by atoms with van der Waals surface area (Å²) in [4.78, 5) is 0. The van der Waals surface area contributed by atoms with E-state index < -0.39 is 5.82 Å². The van der Waals surface area contributed by atoms with Crippen LogP contribution in [0.25, 0.3) is 11.3 Å². The average Bonchev–Trinajstić information content (AvgIpc) is 2.67. The fourth-order valence-electron chi connectivity index (χ4n) is 1.38. The molecule has 2 N–H and O–H groups in total. The first-order valence-corrected chi connectivity index (χ1v) is 4.76. The minimum atomic E-state index is -0.525. The van der Waals surface area contributed by atoms with Crippen LogP contribution in [-0.4, -0.2) is 12.3 Å². The fourth-order valence-corrected chi connectivity index (χ4v) is 1.62. The van der Waals surface area contributed by atoms with Crippen molar-refractivity contribution in [3.63, 3.8) is 0 Å². The number of hydrogen-bond donors (Lipinski definition) is 1. The summed E-state index contributed by atoms with van der Waals surface area (Å²) in [5.74, 6) is -0.387. The lowest BCUT2D eigenvalue weighted by Crippen LogP contribution is -1.93. The Labute approximate surface area is 95.7 Å². The number of anilines is 1. The lowest BCUT2D eigenvalue weighted by atomic mass is 10.1. The van der Waals surface area contributed by atoms with Crippen LogP contribution >= 0.6 is 11.6 Å². The maximum atomic E-state index is 13.4.